The van der Waals surface area contributed by atoms with Crippen LogP contribution in [0, 0.1) is 11.8 Å². The third-order valence-electron chi connectivity index (χ3n) is 3.45. The van der Waals surface area contributed by atoms with Gasteiger partial charge in [0, 0.05) is 17.3 Å². The highest BCUT2D eigenvalue weighted by molar-refractivity contribution is 9.09. The number of halogens is 4. The van der Waals surface area contributed by atoms with Crippen LogP contribution in [-0.2, 0) is 4.79 Å². The zero-order chi connectivity index (χ0) is 13.8. The Morgan fingerprint density at radius 2 is 2.11 bits per heavy atom. The summed E-state index contributed by atoms with van der Waals surface area (Å²) in [5.41, 5.74) is 0. The van der Waals surface area contributed by atoms with Gasteiger partial charge < -0.3 is 5.32 Å². The van der Waals surface area contributed by atoms with Crippen molar-refractivity contribution in [1.82, 2.24) is 5.32 Å². The molecule has 0 bridgehead atoms. The summed E-state index contributed by atoms with van der Waals surface area (Å²) >= 11 is 3.38. The van der Waals surface area contributed by atoms with Crippen molar-refractivity contribution >= 4 is 21.8 Å². The average Bonchev–Trinajstić information content (AvgIpc) is 2.34. The van der Waals surface area contributed by atoms with Crippen LogP contribution in [0.25, 0.3) is 0 Å². The lowest BCUT2D eigenvalue weighted by molar-refractivity contribution is -0.186. The van der Waals surface area contributed by atoms with Crippen LogP contribution in [0.1, 0.15) is 39.0 Å². The Hall–Kier alpha value is -0.260. The first-order valence-corrected chi connectivity index (χ1v) is 7.24. The molecule has 3 unspecified atom stereocenters. The zero-order valence-corrected chi connectivity index (χ0v) is 12.0. The lowest BCUT2D eigenvalue weighted by Crippen LogP contribution is -2.39. The van der Waals surface area contributed by atoms with Gasteiger partial charge in [0.15, 0.2) is 0 Å². The van der Waals surface area contributed by atoms with Gasteiger partial charge in [0.2, 0.25) is 5.91 Å². The van der Waals surface area contributed by atoms with E-state index in [2.05, 4.69) is 21.2 Å². The Morgan fingerprint density at radius 3 is 2.67 bits per heavy atom. The van der Waals surface area contributed by atoms with E-state index >= 15 is 0 Å². The molecule has 1 fully saturated rings. The minimum Gasteiger partial charge on any atom is -0.355 e. The van der Waals surface area contributed by atoms with E-state index in [-0.39, 0.29) is 23.6 Å². The molecule has 0 aromatic heterocycles. The van der Waals surface area contributed by atoms with E-state index in [1.165, 1.54) is 0 Å². The van der Waals surface area contributed by atoms with E-state index in [1.54, 1.807) is 0 Å². The van der Waals surface area contributed by atoms with Crippen LogP contribution in [0.4, 0.5) is 13.2 Å². The van der Waals surface area contributed by atoms with Crippen molar-refractivity contribution < 1.29 is 18.0 Å². The Balaban J connectivity index is 2.44. The molecule has 2 nitrogen and oxygen atoms in total. The fourth-order valence-corrected chi connectivity index (χ4v) is 2.39. The molecule has 0 aromatic rings. The van der Waals surface area contributed by atoms with E-state index < -0.39 is 18.0 Å². The van der Waals surface area contributed by atoms with Gasteiger partial charge in [-0.3, -0.25) is 4.79 Å². The molecular weight excluding hydrogens is 311 g/mol. The van der Waals surface area contributed by atoms with Crippen molar-refractivity contribution in [3.8, 4) is 0 Å². The maximum atomic E-state index is 12.6. The number of nitrogens with one attached hydrogen (secondary N) is 1. The highest BCUT2D eigenvalue weighted by Crippen LogP contribution is 2.39. The lowest BCUT2D eigenvalue weighted by atomic mass is 9.80. The topological polar surface area (TPSA) is 29.1 Å². The van der Waals surface area contributed by atoms with Crippen molar-refractivity contribution in [3.63, 3.8) is 0 Å². The van der Waals surface area contributed by atoms with Gasteiger partial charge in [0.05, 0.1) is 5.92 Å². The van der Waals surface area contributed by atoms with Gasteiger partial charge in [-0.05, 0) is 25.7 Å². The van der Waals surface area contributed by atoms with Crippen LogP contribution in [0.3, 0.4) is 0 Å². The number of alkyl halides is 4. The molecule has 0 aliphatic heterocycles. The van der Waals surface area contributed by atoms with Crippen LogP contribution in [-0.4, -0.2) is 23.5 Å². The quantitative estimate of drug-likeness (QED) is 0.784. The fraction of sp³-hybridized carbons (Fsp3) is 0.917. The Morgan fingerprint density at radius 1 is 1.44 bits per heavy atom. The summed E-state index contributed by atoms with van der Waals surface area (Å²) in [6.45, 7) is 2.45. The highest BCUT2D eigenvalue weighted by atomic mass is 79.9. The van der Waals surface area contributed by atoms with Gasteiger partial charge >= 0.3 is 6.18 Å². The van der Waals surface area contributed by atoms with Crippen LogP contribution >= 0.6 is 15.9 Å². The predicted octanol–water partition coefficient (Wildman–Crippen LogP) is 3.64. The zero-order valence-electron chi connectivity index (χ0n) is 10.4. The molecule has 1 amide bonds. The Labute approximate surface area is 114 Å². The first kappa shape index (κ1) is 15.8. The number of rotatable bonds is 4. The smallest absolute Gasteiger partial charge is 0.355 e. The summed E-state index contributed by atoms with van der Waals surface area (Å²) < 4.78 is 37.8. The minimum absolute atomic E-state index is 0.0611. The van der Waals surface area contributed by atoms with Crippen molar-refractivity contribution in [2.45, 2.75) is 50.0 Å². The van der Waals surface area contributed by atoms with Crippen LogP contribution in [0.5, 0.6) is 0 Å². The maximum Gasteiger partial charge on any atom is 0.391 e. The number of carbonyl (C=O) groups excluding carboxylic acids is 1. The summed E-state index contributed by atoms with van der Waals surface area (Å²) in [5, 5.41) is 2.72. The average molecular weight is 330 g/mol. The standard InChI is InChI=1S/C12H19BrF3NO/c1-2-10(13)7-17-11(18)8-4-3-5-9(6-8)12(14,15)16/h8-10H,2-7H2,1H3,(H,17,18). The molecule has 0 heterocycles. The van der Waals surface area contributed by atoms with E-state index in [9.17, 15) is 18.0 Å². The third-order valence-corrected chi connectivity index (χ3v) is 4.42. The maximum absolute atomic E-state index is 12.6. The van der Waals surface area contributed by atoms with Crippen LogP contribution in [0.15, 0.2) is 0 Å². The normalized spacial score (nSPS) is 26.7. The molecule has 106 valence electrons. The number of hydrogen-bond acceptors (Lipinski definition) is 1. The summed E-state index contributed by atoms with van der Waals surface area (Å²) in [4.78, 5) is 12.0. The van der Waals surface area contributed by atoms with Crippen molar-refractivity contribution in [2.75, 3.05) is 6.54 Å². The second-order valence-corrected chi connectivity index (χ2v) is 6.15. The number of hydrogen-bond donors (Lipinski definition) is 1. The number of carbonyl (C=O) groups is 1. The molecule has 18 heavy (non-hydrogen) atoms. The molecule has 1 aliphatic rings. The predicted molar refractivity (Wildman–Crippen MR) is 67.5 cm³/mol. The summed E-state index contributed by atoms with van der Waals surface area (Å²) in [6.07, 6.45) is -2.15. The van der Waals surface area contributed by atoms with Gasteiger partial charge in [0.1, 0.15) is 0 Å². The lowest BCUT2D eigenvalue weighted by Gasteiger charge is -2.29. The molecule has 0 saturated heterocycles. The van der Waals surface area contributed by atoms with Gasteiger partial charge in [-0.15, -0.1) is 0 Å². The molecule has 3 atom stereocenters. The molecule has 6 heteroatoms. The van der Waals surface area contributed by atoms with Gasteiger partial charge in [-0.1, -0.05) is 29.3 Å². The SMILES string of the molecule is CCC(Br)CNC(=O)C1CCCC(C(F)(F)F)C1. The van der Waals surface area contributed by atoms with Gasteiger partial charge in [-0.2, -0.15) is 13.2 Å². The molecule has 1 rings (SSSR count). The molecule has 1 saturated carbocycles. The number of amides is 1. The molecule has 1 aliphatic carbocycles. The minimum atomic E-state index is -4.17. The van der Waals surface area contributed by atoms with E-state index in [4.69, 9.17) is 0 Å². The van der Waals surface area contributed by atoms with Crippen LogP contribution in [0.2, 0.25) is 0 Å². The van der Waals surface area contributed by atoms with Gasteiger partial charge in [-0.25, -0.2) is 0 Å². The summed E-state index contributed by atoms with van der Waals surface area (Å²) in [7, 11) is 0. The molecule has 0 aromatic carbocycles. The molecular formula is C12H19BrF3NO. The van der Waals surface area contributed by atoms with Gasteiger partial charge in [0.25, 0.3) is 0 Å². The largest absolute Gasteiger partial charge is 0.391 e. The van der Waals surface area contributed by atoms with E-state index in [1.807, 2.05) is 6.92 Å². The summed E-state index contributed by atoms with van der Waals surface area (Å²) in [5.74, 6) is -2.03. The monoisotopic (exact) mass is 329 g/mol. The molecule has 1 N–H and O–H groups in total. The Bertz CT molecular complexity index is 283. The molecule has 0 spiro atoms. The first-order valence-electron chi connectivity index (χ1n) is 6.33. The molecule has 0 radical (unpaired) electrons. The second-order valence-electron chi connectivity index (χ2n) is 4.85. The first-order chi connectivity index (χ1) is 8.34. The van der Waals surface area contributed by atoms with E-state index in [0.29, 0.717) is 19.4 Å². The van der Waals surface area contributed by atoms with Crippen molar-refractivity contribution in [2.24, 2.45) is 11.8 Å². The second kappa shape index (κ2) is 6.78. The fourth-order valence-electron chi connectivity index (χ4n) is 2.23. The third kappa shape index (κ3) is 4.78. The van der Waals surface area contributed by atoms with Crippen molar-refractivity contribution in [1.29, 1.82) is 0 Å². The Kier molecular flexibility index (Phi) is 5.95. The highest BCUT2D eigenvalue weighted by Gasteiger charge is 2.43. The van der Waals surface area contributed by atoms with Crippen LogP contribution < -0.4 is 5.32 Å². The van der Waals surface area contributed by atoms with Crippen molar-refractivity contribution in [3.05, 3.63) is 0 Å². The van der Waals surface area contributed by atoms with E-state index in [0.717, 1.165) is 6.42 Å². The summed E-state index contributed by atoms with van der Waals surface area (Å²) in [6, 6.07) is 0.